The van der Waals surface area contributed by atoms with Gasteiger partial charge < -0.3 is 14.8 Å². The minimum Gasteiger partial charge on any atom is -0.478 e. The maximum Gasteiger partial charge on any atom is 0.416 e. The Morgan fingerprint density at radius 1 is 0.939 bits per heavy atom. The molecule has 3 rings (SSSR count). The molecule has 2 aromatic carbocycles. The molecule has 33 heavy (non-hydrogen) atoms. The second kappa shape index (κ2) is 8.67. The van der Waals surface area contributed by atoms with Gasteiger partial charge in [0.25, 0.3) is 0 Å². The van der Waals surface area contributed by atoms with Crippen molar-refractivity contribution in [2.24, 2.45) is 0 Å². The highest BCUT2D eigenvalue weighted by Gasteiger charge is 2.30. The van der Waals surface area contributed by atoms with Gasteiger partial charge in [-0.05, 0) is 67.4 Å². The zero-order valence-electron chi connectivity index (χ0n) is 17.4. The lowest BCUT2D eigenvalue weighted by molar-refractivity contribution is -0.137. The lowest BCUT2D eigenvalue weighted by Crippen LogP contribution is -2.07. The summed E-state index contributed by atoms with van der Waals surface area (Å²) >= 11 is 0. The van der Waals surface area contributed by atoms with E-state index in [0.29, 0.717) is 28.2 Å². The molecule has 0 unspecified atom stereocenters. The minimum absolute atomic E-state index is 0.134. The van der Waals surface area contributed by atoms with E-state index in [1.165, 1.54) is 30.3 Å². The summed E-state index contributed by atoms with van der Waals surface area (Å²) in [7, 11) is 0. The van der Waals surface area contributed by atoms with Crippen molar-refractivity contribution in [3.63, 3.8) is 0 Å². The molecule has 0 amide bonds. The molecule has 9 heteroatoms. The molecule has 3 aromatic rings. The van der Waals surface area contributed by atoms with E-state index in [0.717, 1.165) is 18.2 Å². The Morgan fingerprint density at radius 2 is 1.48 bits per heavy atom. The van der Waals surface area contributed by atoms with Crippen LogP contribution in [0.2, 0.25) is 0 Å². The summed E-state index contributed by atoms with van der Waals surface area (Å²) in [6, 6.07) is 11.7. The number of benzene rings is 2. The van der Waals surface area contributed by atoms with Crippen LogP contribution in [0.3, 0.4) is 0 Å². The van der Waals surface area contributed by atoms with Gasteiger partial charge in [0.1, 0.15) is 0 Å². The number of carboxylic acids is 2. The van der Waals surface area contributed by atoms with Crippen LogP contribution in [0.25, 0.3) is 17.3 Å². The predicted molar refractivity (Wildman–Crippen MR) is 114 cm³/mol. The molecule has 0 saturated carbocycles. The third-order valence-corrected chi connectivity index (χ3v) is 5.08. The summed E-state index contributed by atoms with van der Waals surface area (Å²) in [5, 5.41) is 28.2. The summed E-state index contributed by atoms with van der Waals surface area (Å²) in [5.74, 6) is -2.56. The van der Waals surface area contributed by atoms with Crippen LogP contribution < -0.4 is 0 Å². The molecule has 168 valence electrons. The molecule has 6 nitrogen and oxygen atoms in total. The largest absolute Gasteiger partial charge is 0.478 e. The third kappa shape index (κ3) is 4.80. The Bertz CT molecular complexity index is 1300. The van der Waals surface area contributed by atoms with E-state index in [1.54, 1.807) is 24.5 Å². The number of hydrogen-bond acceptors (Lipinski definition) is 3. The molecule has 0 fully saturated rings. The van der Waals surface area contributed by atoms with Gasteiger partial charge in [0.2, 0.25) is 0 Å². The lowest BCUT2D eigenvalue weighted by Gasteiger charge is -2.12. The molecule has 0 aliphatic heterocycles. The first kappa shape index (κ1) is 23.3. The van der Waals surface area contributed by atoms with Crippen molar-refractivity contribution in [1.82, 2.24) is 4.57 Å². The zero-order valence-corrected chi connectivity index (χ0v) is 17.4. The number of aromatic nitrogens is 1. The molecule has 1 heterocycles. The van der Waals surface area contributed by atoms with Gasteiger partial charge in [-0.15, -0.1) is 0 Å². The second-order valence-electron chi connectivity index (χ2n) is 7.29. The number of carbonyl (C=O) groups is 2. The van der Waals surface area contributed by atoms with Gasteiger partial charge in [-0.2, -0.15) is 18.4 Å². The van der Waals surface area contributed by atoms with Gasteiger partial charge in [-0.1, -0.05) is 12.1 Å². The third-order valence-electron chi connectivity index (χ3n) is 5.08. The van der Waals surface area contributed by atoms with Crippen molar-refractivity contribution in [2.45, 2.75) is 20.0 Å². The highest BCUT2D eigenvalue weighted by atomic mass is 19.4. The summed E-state index contributed by atoms with van der Waals surface area (Å²) in [6.45, 7) is 3.43. The minimum atomic E-state index is -4.49. The van der Waals surface area contributed by atoms with Crippen LogP contribution in [0, 0.1) is 25.2 Å². The maximum atomic E-state index is 12.8. The molecular formula is C24H17F3N2O4. The highest BCUT2D eigenvalue weighted by Crippen LogP contribution is 2.31. The molecule has 0 atom stereocenters. The topological polar surface area (TPSA) is 103 Å². The number of alkyl halides is 3. The number of nitrogens with zero attached hydrogens (tertiary/aromatic N) is 2. The Labute approximate surface area is 186 Å². The first-order chi connectivity index (χ1) is 15.4. The van der Waals surface area contributed by atoms with Crippen molar-refractivity contribution < 1.29 is 33.0 Å². The zero-order chi connectivity index (χ0) is 24.5. The van der Waals surface area contributed by atoms with E-state index in [9.17, 15) is 38.2 Å². The monoisotopic (exact) mass is 454 g/mol. The van der Waals surface area contributed by atoms with E-state index in [4.69, 9.17) is 0 Å². The van der Waals surface area contributed by atoms with Crippen molar-refractivity contribution in [3.8, 4) is 11.8 Å². The molecule has 0 radical (unpaired) electrons. The summed E-state index contributed by atoms with van der Waals surface area (Å²) in [4.78, 5) is 22.9. The van der Waals surface area contributed by atoms with Crippen molar-refractivity contribution in [1.29, 1.82) is 5.26 Å². The van der Waals surface area contributed by atoms with Gasteiger partial charge in [-0.3, -0.25) is 0 Å². The number of aromatic carboxylic acids is 2. The molecule has 0 aliphatic carbocycles. The maximum absolute atomic E-state index is 12.8. The second-order valence-corrected chi connectivity index (χ2v) is 7.29. The summed E-state index contributed by atoms with van der Waals surface area (Å²) in [6.07, 6.45) is -2.97. The fraction of sp³-hybridized carbons (Fsp3) is 0.125. The van der Waals surface area contributed by atoms with Crippen LogP contribution in [-0.2, 0) is 6.18 Å². The van der Waals surface area contributed by atoms with Gasteiger partial charge in [0.15, 0.2) is 0 Å². The first-order valence-electron chi connectivity index (χ1n) is 9.52. The first-order valence-corrected chi connectivity index (χ1v) is 9.52. The van der Waals surface area contributed by atoms with Crippen molar-refractivity contribution in [2.75, 3.05) is 0 Å². The van der Waals surface area contributed by atoms with E-state index >= 15 is 0 Å². The van der Waals surface area contributed by atoms with Crippen LogP contribution >= 0.6 is 0 Å². The molecule has 0 saturated heterocycles. The van der Waals surface area contributed by atoms with Crippen molar-refractivity contribution in [3.05, 3.63) is 87.7 Å². The number of aryl methyl sites for hydroxylation is 1. The molecule has 0 bridgehead atoms. The summed E-state index contributed by atoms with van der Waals surface area (Å²) in [5.41, 5.74) is 1.33. The average Bonchev–Trinajstić information content (AvgIpc) is 3.03. The fourth-order valence-corrected chi connectivity index (χ4v) is 3.49. The SMILES string of the molecule is Cc1cc(/C=C(/C#N)c2ccc(C(F)(F)F)cc2)c(C)n1-c1cc(C(=O)O)cc(C(=O)O)c1. The number of rotatable bonds is 5. The number of halogens is 3. The van der Waals surface area contributed by atoms with Gasteiger partial charge in [0.05, 0.1) is 28.3 Å². The average molecular weight is 454 g/mol. The molecule has 0 spiro atoms. The van der Waals surface area contributed by atoms with E-state index < -0.39 is 23.7 Å². The van der Waals surface area contributed by atoms with Crippen LogP contribution in [-0.4, -0.2) is 26.7 Å². The Hall–Kier alpha value is -4.32. The quantitative estimate of drug-likeness (QED) is 0.491. The van der Waals surface area contributed by atoms with E-state index in [2.05, 4.69) is 0 Å². The van der Waals surface area contributed by atoms with Gasteiger partial charge >= 0.3 is 18.1 Å². The lowest BCUT2D eigenvalue weighted by atomic mass is 10.0. The van der Waals surface area contributed by atoms with Crippen LogP contribution in [0.15, 0.2) is 48.5 Å². The smallest absolute Gasteiger partial charge is 0.416 e. The highest BCUT2D eigenvalue weighted by molar-refractivity contribution is 5.95. The molecular weight excluding hydrogens is 437 g/mol. The van der Waals surface area contributed by atoms with Gasteiger partial charge in [0, 0.05) is 17.1 Å². The van der Waals surface area contributed by atoms with Crippen molar-refractivity contribution >= 4 is 23.6 Å². The normalized spacial score (nSPS) is 11.8. The molecule has 0 aliphatic rings. The summed E-state index contributed by atoms with van der Waals surface area (Å²) < 4.78 is 40.1. The van der Waals surface area contributed by atoms with Crippen LogP contribution in [0.5, 0.6) is 0 Å². The fourth-order valence-electron chi connectivity index (χ4n) is 3.49. The Morgan fingerprint density at radius 3 is 1.94 bits per heavy atom. The molecule has 1 aromatic heterocycles. The Kier molecular flexibility index (Phi) is 6.13. The Balaban J connectivity index is 2.10. The predicted octanol–water partition coefficient (Wildman–Crippen LogP) is 5.57. The van der Waals surface area contributed by atoms with E-state index in [-0.39, 0.29) is 16.7 Å². The van der Waals surface area contributed by atoms with Gasteiger partial charge in [-0.25, -0.2) is 9.59 Å². The number of nitriles is 1. The number of allylic oxidation sites excluding steroid dienone is 1. The van der Waals surface area contributed by atoms with E-state index in [1.807, 2.05) is 6.07 Å². The number of carboxylic acid groups (broad SMARTS) is 2. The number of hydrogen-bond donors (Lipinski definition) is 2. The molecule has 2 N–H and O–H groups in total. The standard InChI is InChI=1S/C24H17F3N2O4/c1-13-7-16(8-19(12-28)15-3-5-20(6-4-15)24(25,26)27)14(2)29(13)21-10-17(22(30)31)9-18(11-21)23(32)33/h3-11H,1-2H3,(H,30,31)(H,32,33)/b19-8-. The van der Waals surface area contributed by atoms with Crippen LogP contribution in [0.4, 0.5) is 13.2 Å². The van der Waals surface area contributed by atoms with Crippen LogP contribution in [0.1, 0.15) is 48.8 Å².